The van der Waals surface area contributed by atoms with Crippen molar-refractivity contribution in [1.82, 2.24) is 24.7 Å². The van der Waals surface area contributed by atoms with Gasteiger partial charge in [-0.05, 0) is 55.5 Å². The Kier molecular flexibility index (Phi) is 7.92. The lowest BCUT2D eigenvalue weighted by molar-refractivity contribution is -0.0103. The lowest BCUT2D eigenvalue weighted by Gasteiger charge is -2.33. The van der Waals surface area contributed by atoms with Crippen LogP contribution in [0.1, 0.15) is 63.2 Å². The van der Waals surface area contributed by atoms with E-state index in [4.69, 9.17) is 15.5 Å². The molecule has 4 aromatic rings. The van der Waals surface area contributed by atoms with Crippen LogP contribution in [0.25, 0.3) is 22.3 Å². The fraction of sp³-hybridized carbons (Fsp3) is 0.387. The molecule has 4 N–H and O–H groups in total. The lowest BCUT2D eigenvalue weighted by atomic mass is 9.92. The van der Waals surface area contributed by atoms with Crippen molar-refractivity contribution in [3.05, 3.63) is 71.8 Å². The maximum atomic E-state index is 15.4. The van der Waals surface area contributed by atoms with Crippen molar-refractivity contribution < 1.29 is 17.5 Å². The highest BCUT2D eigenvalue weighted by atomic mass is 32.2. The molecule has 1 saturated heterocycles. The molecular formula is C31H36FN7O3S. The van der Waals surface area contributed by atoms with Crippen molar-refractivity contribution in [2.45, 2.75) is 69.4 Å². The number of imidazole rings is 1. The van der Waals surface area contributed by atoms with E-state index < -0.39 is 15.8 Å². The van der Waals surface area contributed by atoms with Crippen LogP contribution >= 0.6 is 0 Å². The first-order valence-electron chi connectivity index (χ1n) is 14.6. The standard InChI is InChI=1S/C31H36FN7O3S/c1-4-21-10-11-24(14-34-21)43(40,41)38-26-12-7-20(13-25(26)32)28-29-30(33)35-15-27(39(29)31(37-28)18(2)3)19-5-8-22(9-6-19)36-23-16-42-17-23/h5,7,10-15,18,22-23,36,38H,4,6,8-9,16-17H2,1-3H3,(H2,33,35). The SMILES string of the molecule is CCc1ccc(S(=O)(=O)Nc2ccc(-c3nc(C(C)C)n4c(C5=CCC(NC6COC6)CC5)cnc(N)c34)cc2F)cn1. The number of nitrogen functional groups attached to an aromatic ring is 1. The van der Waals surface area contributed by atoms with Gasteiger partial charge in [-0.15, -0.1) is 0 Å². The molecule has 0 bridgehead atoms. The van der Waals surface area contributed by atoms with Crippen LogP contribution in [0.15, 0.2) is 53.7 Å². The zero-order valence-electron chi connectivity index (χ0n) is 24.5. The fourth-order valence-corrected chi connectivity index (χ4v) is 6.61. The molecule has 0 amide bonds. The highest BCUT2D eigenvalue weighted by Gasteiger charge is 2.27. The molecule has 0 spiro atoms. The van der Waals surface area contributed by atoms with Gasteiger partial charge in [-0.1, -0.05) is 32.9 Å². The monoisotopic (exact) mass is 605 g/mol. The number of benzene rings is 1. The van der Waals surface area contributed by atoms with E-state index >= 15 is 4.39 Å². The third kappa shape index (κ3) is 5.74. The van der Waals surface area contributed by atoms with Gasteiger partial charge in [-0.25, -0.2) is 22.8 Å². The van der Waals surface area contributed by atoms with Crippen LogP contribution in [-0.4, -0.2) is 53.1 Å². The maximum absolute atomic E-state index is 15.4. The van der Waals surface area contributed by atoms with Crippen molar-refractivity contribution >= 4 is 32.6 Å². The number of halogens is 1. The molecule has 0 radical (unpaired) electrons. The minimum Gasteiger partial charge on any atom is -0.382 e. The zero-order chi connectivity index (χ0) is 30.3. The molecule has 1 unspecified atom stereocenters. The van der Waals surface area contributed by atoms with Crippen molar-refractivity contribution in [2.24, 2.45) is 0 Å². The van der Waals surface area contributed by atoms with Crippen LogP contribution in [0, 0.1) is 5.82 Å². The van der Waals surface area contributed by atoms with E-state index in [9.17, 15) is 8.42 Å². The average molecular weight is 606 g/mol. The molecule has 1 aliphatic heterocycles. The average Bonchev–Trinajstić information content (AvgIpc) is 3.39. The summed E-state index contributed by atoms with van der Waals surface area (Å²) in [5.74, 6) is 0.379. The molecule has 1 aliphatic carbocycles. The second-order valence-electron chi connectivity index (χ2n) is 11.4. The van der Waals surface area contributed by atoms with Crippen LogP contribution in [0.3, 0.4) is 0 Å². The Morgan fingerprint density at radius 1 is 1.14 bits per heavy atom. The summed E-state index contributed by atoms with van der Waals surface area (Å²) >= 11 is 0. The second-order valence-corrected chi connectivity index (χ2v) is 13.1. The number of hydrogen-bond acceptors (Lipinski definition) is 8. The summed E-state index contributed by atoms with van der Waals surface area (Å²) in [5, 5.41) is 3.66. The first kappa shape index (κ1) is 29.2. The minimum atomic E-state index is -4.03. The summed E-state index contributed by atoms with van der Waals surface area (Å²) in [7, 11) is -4.03. The first-order valence-corrected chi connectivity index (χ1v) is 16.1. The summed E-state index contributed by atoms with van der Waals surface area (Å²) in [6, 6.07) is 8.24. The molecule has 3 aromatic heterocycles. The summed E-state index contributed by atoms with van der Waals surface area (Å²) in [6.07, 6.45) is 8.76. The van der Waals surface area contributed by atoms with Gasteiger partial charge >= 0.3 is 0 Å². The van der Waals surface area contributed by atoms with E-state index in [2.05, 4.69) is 39.9 Å². The molecule has 0 saturated carbocycles. The van der Waals surface area contributed by atoms with Gasteiger partial charge in [0.05, 0.1) is 36.8 Å². The summed E-state index contributed by atoms with van der Waals surface area (Å²) in [4.78, 5) is 13.6. The van der Waals surface area contributed by atoms with E-state index in [1.165, 1.54) is 30.0 Å². The Balaban J connectivity index is 1.34. The predicted molar refractivity (Wildman–Crippen MR) is 165 cm³/mol. The number of nitrogens with two attached hydrogens (primary N) is 1. The van der Waals surface area contributed by atoms with Crippen LogP contribution < -0.4 is 15.8 Å². The maximum Gasteiger partial charge on any atom is 0.263 e. The number of ether oxygens (including phenoxy) is 1. The second kappa shape index (κ2) is 11.7. The van der Waals surface area contributed by atoms with Crippen molar-refractivity contribution in [3.63, 3.8) is 0 Å². The fourth-order valence-electron chi connectivity index (χ4n) is 5.59. The molecule has 10 nitrogen and oxygen atoms in total. The van der Waals surface area contributed by atoms with E-state index in [0.717, 1.165) is 49.7 Å². The number of pyridine rings is 1. The predicted octanol–water partition coefficient (Wildman–Crippen LogP) is 4.92. The lowest BCUT2D eigenvalue weighted by Crippen LogP contribution is -2.50. The molecule has 43 heavy (non-hydrogen) atoms. The Morgan fingerprint density at radius 2 is 1.95 bits per heavy atom. The number of anilines is 2. The Morgan fingerprint density at radius 3 is 2.56 bits per heavy atom. The van der Waals surface area contributed by atoms with Gasteiger partial charge in [-0.2, -0.15) is 0 Å². The van der Waals surface area contributed by atoms with Crippen LogP contribution in [0.5, 0.6) is 0 Å². The summed E-state index contributed by atoms with van der Waals surface area (Å²) < 4.78 is 51.0. The van der Waals surface area contributed by atoms with Gasteiger partial charge in [0.1, 0.15) is 33.6 Å². The molecule has 1 aromatic carbocycles. The Hall–Kier alpha value is -3.87. The number of nitrogens with one attached hydrogen (secondary N) is 2. The quantitative estimate of drug-likeness (QED) is 0.245. The van der Waals surface area contributed by atoms with Gasteiger partial charge in [0.25, 0.3) is 10.0 Å². The molecule has 226 valence electrons. The van der Waals surface area contributed by atoms with Crippen molar-refractivity contribution in [1.29, 1.82) is 0 Å². The molecule has 4 heterocycles. The van der Waals surface area contributed by atoms with Gasteiger partial charge in [0.2, 0.25) is 0 Å². The number of fused-ring (bicyclic) bond motifs is 1. The van der Waals surface area contributed by atoms with E-state index in [1.807, 2.05) is 11.3 Å². The molecule has 12 heteroatoms. The zero-order valence-corrected chi connectivity index (χ0v) is 25.3. The van der Waals surface area contributed by atoms with Crippen LogP contribution in [-0.2, 0) is 21.2 Å². The highest BCUT2D eigenvalue weighted by Crippen LogP contribution is 2.36. The van der Waals surface area contributed by atoms with Gasteiger partial charge in [0, 0.05) is 29.4 Å². The van der Waals surface area contributed by atoms with Crippen molar-refractivity contribution in [3.8, 4) is 11.3 Å². The topological polar surface area (TPSA) is 137 Å². The normalized spacial score (nSPS) is 17.7. The number of rotatable bonds is 9. The summed E-state index contributed by atoms with van der Waals surface area (Å²) in [6.45, 7) is 7.56. The highest BCUT2D eigenvalue weighted by molar-refractivity contribution is 7.92. The number of aromatic nitrogens is 4. The number of nitrogens with zero attached hydrogens (tertiary/aromatic N) is 4. The molecular weight excluding hydrogens is 569 g/mol. The number of allylic oxidation sites excluding steroid dienone is 1. The van der Waals surface area contributed by atoms with E-state index in [1.54, 1.807) is 18.3 Å². The van der Waals surface area contributed by atoms with Gasteiger partial charge in [-0.3, -0.25) is 14.1 Å². The molecule has 1 fully saturated rings. The van der Waals surface area contributed by atoms with E-state index in [-0.39, 0.29) is 22.3 Å². The van der Waals surface area contributed by atoms with Crippen LogP contribution in [0.2, 0.25) is 0 Å². The first-order chi connectivity index (χ1) is 20.6. The largest absolute Gasteiger partial charge is 0.382 e. The van der Waals surface area contributed by atoms with Crippen molar-refractivity contribution in [2.75, 3.05) is 23.7 Å². The molecule has 2 aliphatic rings. The van der Waals surface area contributed by atoms with Gasteiger partial charge < -0.3 is 15.8 Å². The molecule has 1 atom stereocenters. The number of sulfonamides is 1. The Labute approximate surface area is 250 Å². The number of aryl methyl sites for hydroxylation is 1. The van der Waals surface area contributed by atoms with Gasteiger partial charge in [0.15, 0.2) is 0 Å². The molecule has 6 rings (SSSR count). The minimum absolute atomic E-state index is 0.0441. The number of hydrogen-bond donors (Lipinski definition) is 3. The third-order valence-electron chi connectivity index (χ3n) is 8.04. The Bertz CT molecular complexity index is 1800. The summed E-state index contributed by atoms with van der Waals surface area (Å²) in [5.41, 5.74) is 10.7. The smallest absolute Gasteiger partial charge is 0.263 e. The third-order valence-corrected chi connectivity index (χ3v) is 9.39. The van der Waals surface area contributed by atoms with Crippen LogP contribution in [0.4, 0.5) is 15.9 Å². The van der Waals surface area contributed by atoms with E-state index in [0.29, 0.717) is 35.3 Å².